The maximum absolute atomic E-state index is 12.2. The van der Waals surface area contributed by atoms with Gasteiger partial charge in [0.1, 0.15) is 0 Å². The van der Waals surface area contributed by atoms with Crippen molar-refractivity contribution in [3.8, 4) is 0 Å². The van der Waals surface area contributed by atoms with Gasteiger partial charge in [-0.15, -0.1) is 0 Å². The van der Waals surface area contributed by atoms with E-state index >= 15 is 0 Å². The fourth-order valence-electron chi connectivity index (χ4n) is 1.93. The van der Waals surface area contributed by atoms with Gasteiger partial charge in [-0.2, -0.15) is 0 Å². The highest BCUT2D eigenvalue weighted by Crippen LogP contribution is 2.31. The van der Waals surface area contributed by atoms with Gasteiger partial charge in [0.05, 0.1) is 12.0 Å². The first-order valence-corrected chi connectivity index (χ1v) is 6.55. The second kappa shape index (κ2) is 6.76. The summed E-state index contributed by atoms with van der Waals surface area (Å²) >= 11 is 5.87. The summed E-state index contributed by atoms with van der Waals surface area (Å²) in [5.74, 6) is -0.208. The highest BCUT2D eigenvalue weighted by atomic mass is 35.5. The lowest BCUT2D eigenvalue weighted by Crippen LogP contribution is -2.35. The normalized spacial score (nSPS) is 14.0. The van der Waals surface area contributed by atoms with Gasteiger partial charge in [-0.05, 0) is 50.9 Å². The van der Waals surface area contributed by atoms with E-state index < -0.39 is 5.41 Å². The number of esters is 1. The molecule has 1 aromatic rings. The first kappa shape index (κ1) is 15.0. The minimum Gasteiger partial charge on any atom is -0.465 e. The smallest absolute Gasteiger partial charge is 0.316 e. The lowest BCUT2D eigenvalue weighted by atomic mass is 9.78. The Bertz CT molecular complexity index is 391. The largest absolute Gasteiger partial charge is 0.465 e. The highest BCUT2D eigenvalue weighted by Gasteiger charge is 2.35. The third kappa shape index (κ3) is 3.47. The van der Waals surface area contributed by atoms with Crippen LogP contribution in [0.2, 0.25) is 5.02 Å². The molecule has 1 rings (SSSR count). The molecule has 4 heteroatoms. The molecular formula is C14H20ClNO2. The van der Waals surface area contributed by atoms with Crippen molar-refractivity contribution in [1.82, 2.24) is 0 Å². The number of carbonyl (C=O) groups is 1. The third-order valence-electron chi connectivity index (χ3n) is 3.09. The molecule has 100 valence electrons. The van der Waals surface area contributed by atoms with Crippen molar-refractivity contribution in [2.45, 2.75) is 32.1 Å². The Labute approximate surface area is 113 Å². The fourth-order valence-corrected chi connectivity index (χ4v) is 2.05. The number of carbonyl (C=O) groups excluding carboxylic acids is 1. The van der Waals surface area contributed by atoms with E-state index in [1.807, 2.05) is 26.0 Å². The first-order valence-electron chi connectivity index (χ1n) is 6.18. The second-order valence-electron chi connectivity index (χ2n) is 4.45. The van der Waals surface area contributed by atoms with E-state index in [9.17, 15) is 4.79 Å². The molecule has 0 saturated heterocycles. The Morgan fingerprint density at radius 1 is 1.39 bits per heavy atom. The molecule has 0 amide bonds. The Morgan fingerprint density at radius 2 is 2.00 bits per heavy atom. The fraction of sp³-hybridized carbons (Fsp3) is 0.500. The molecule has 1 aromatic carbocycles. The lowest BCUT2D eigenvalue weighted by molar-refractivity contribution is -0.149. The summed E-state index contributed by atoms with van der Waals surface area (Å²) in [6, 6.07) is 7.32. The monoisotopic (exact) mass is 269 g/mol. The van der Waals surface area contributed by atoms with Crippen molar-refractivity contribution in [3.63, 3.8) is 0 Å². The molecule has 0 aliphatic rings. The second-order valence-corrected chi connectivity index (χ2v) is 4.89. The van der Waals surface area contributed by atoms with Crippen LogP contribution in [0, 0.1) is 0 Å². The van der Waals surface area contributed by atoms with Crippen LogP contribution in [0.25, 0.3) is 0 Å². The summed E-state index contributed by atoms with van der Waals surface area (Å²) in [7, 11) is 0. The number of hydrogen-bond donors (Lipinski definition) is 1. The van der Waals surface area contributed by atoms with Crippen LogP contribution >= 0.6 is 11.6 Å². The summed E-state index contributed by atoms with van der Waals surface area (Å²) in [6.07, 6.45) is 1.45. The predicted molar refractivity (Wildman–Crippen MR) is 73.7 cm³/mol. The molecule has 0 aromatic heterocycles. The van der Waals surface area contributed by atoms with Gasteiger partial charge in [0.25, 0.3) is 0 Å². The molecule has 1 atom stereocenters. The Morgan fingerprint density at radius 3 is 2.50 bits per heavy atom. The van der Waals surface area contributed by atoms with Crippen LogP contribution in [0.1, 0.15) is 32.3 Å². The number of ether oxygens (including phenoxy) is 1. The standard InChI is InChI=1S/C14H20ClNO2/c1-3-18-13(17)14(2,9-4-10-16)11-5-7-12(15)8-6-11/h5-8H,3-4,9-10,16H2,1-2H3. The molecule has 2 N–H and O–H groups in total. The van der Waals surface area contributed by atoms with Crippen LogP contribution in [-0.2, 0) is 14.9 Å². The third-order valence-corrected chi connectivity index (χ3v) is 3.34. The van der Waals surface area contributed by atoms with Crippen LogP contribution < -0.4 is 5.73 Å². The summed E-state index contributed by atoms with van der Waals surface area (Å²) in [5.41, 5.74) is 5.80. The minimum absolute atomic E-state index is 0.208. The maximum atomic E-state index is 12.2. The van der Waals surface area contributed by atoms with Crippen molar-refractivity contribution >= 4 is 17.6 Å². The van der Waals surface area contributed by atoms with E-state index in [1.54, 1.807) is 12.1 Å². The molecule has 1 unspecified atom stereocenters. The van der Waals surface area contributed by atoms with Crippen LogP contribution in [0.3, 0.4) is 0 Å². The van der Waals surface area contributed by atoms with E-state index in [0.717, 1.165) is 12.0 Å². The Kier molecular flexibility index (Phi) is 5.63. The van der Waals surface area contributed by atoms with Gasteiger partial charge in [-0.25, -0.2) is 0 Å². The van der Waals surface area contributed by atoms with E-state index in [4.69, 9.17) is 22.1 Å². The van der Waals surface area contributed by atoms with E-state index in [-0.39, 0.29) is 5.97 Å². The van der Waals surface area contributed by atoms with Gasteiger partial charge in [0.15, 0.2) is 0 Å². The first-order chi connectivity index (χ1) is 8.54. The molecule has 3 nitrogen and oxygen atoms in total. The number of nitrogens with two attached hydrogens (primary N) is 1. The van der Waals surface area contributed by atoms with Crippen molar-refractivity contribution in [2.24, 2.45) is 5.73 Å². The zero-order valence-corrected chi connectivity index (χ0v) is 11.7. The van der Waals surface area contributed by atoms with Gasteiger partial charge in [0.2, 0.25) is 0 Å². The van der Waals surface area contributed by atoms with Crippen LogP contribution in [0.15, 0.2) is 24.3 Å². The predicted octanol–water partition coefficient (Wildman–Crippen LogP) is 2.90. The molecule has 0 fully saturated rings. The number of benzene rings is 1. The molecule has 18 heavy (non-hydrogen) atoms. The minimum atomic E-state index is -0.653. The molecular weight excluding hydrogens is 250 g/mol. The zero-order valence-electron chi connectivity index (χ0n) is 10.9. The summed E-state index contributed by atoms with van der Waals surface area (Å²) in [5, 5.41) is 0.656. The Hall–Kier alpha value is -1.06. The summed E-state index contributed by atoms with van der Waals surface area (Å²) < 4.78 is 5.18. The van der Waals surface area contributed by atoms with Crippen molar-refractivity contribution in [2.75, 3.05) is 13.2 Å². The maximum Gasteiger partial charge on any atom is 0.316 e. The van der Waals surface area contributed by atoms with Crippen LogP contribution in [-0.4, -0.2) is 19.1 Å². The van der Waals surface area contributed by atoms with Crippen molar-refractivity contribution in [3.05, 3.63) is 34.9 Å². The van der Waals surface area contributed by atoms with E-state index in [1.165, 1.54) is 0 Å². The van der Waals surface area contributed by atoms with Crippen molar-refractivity contribution < 1.29 is 9.53 Å². The van der Waals surface area contributed by atoms with Gasteiger partial charge < -0.3 is 10.5 Å². The molecule has 0 radical (unpaired) electrons. The van der Waals surface area contributed by atoms with Gasteiger partial charge in [-0.3, -0.25) is 4.79 Å². The zero-order chi connectivity index (χ0) is 13.6. The molecule has 0 aliphatic carbocycles. The van der Waals surface area contributed by atoms with Gasteiger partial charge in [0, 0.05) is 5.02 Å². The van der Waals surface area contributed by atoms with E-state index in [2.05, 4.69) is 0 Å². The highest BCUT2D eigenvalue weighted by molar-refractivity contribution is 6.30. The number of rotatable bonds is 6. The average molecular weight is 270 g/mol. The topological polar surface area (TPSA) is 52.3 Å². The summed E-state index contributed by atoms with van der Waals surface area (Å²) in [4.78, 5) is 12.2. The average Bonchev–Trinajstić information content (AvgIpc) is 2.37. The Balaban J connectivity index is 3.02. The van der Waals surface area contributed by atoms with Gasteiger partial charge in [-0.1, -0.05) is 23.7 Å². The molecule has 0 aliphatic heterocycles. The SMILES string of the molecule is CCOC(=O)C(C)(CCCN)c1ccc(Cl)cc1. The van der Waals surface area contributed by atoms with Crippen LogP contribution in [0.4, 0.5) is 0 Å². The molecule has 0 spiro atoms. The lowest BCUT2D eigenvalue weighted by Gasteiger charge is -2.27. The molecule has 0 saturated carbocycles. The van der Waals surface area contributed by atoms with Crippen molar-refractivity contribution in [1.29, 1.82) is 0 Å². The van der Waals surface area contributed by atoms with Crippen LogP contribution in [0.5, 0.6) is 0 Å². The summed E-state index contributed by atoms with van der Waals surface area (Å²) in [6.45, 7) is 4.64. The molecule has 0 heterocycles. The quantitative estimate of drug-likeness (QED) is 0.808. The number of hydrogen-bond acceptors (Lipinski definition) is 3. The molecule has 0 bridgehead atoms. The van der Waals surface area contributed by atoms with E-state index in [0.29, 0.717) is 24.6 Å². The number of halogens is 1. The van der Waals surface area contributed by atoms with Gasteiger partial charge >= 0.3 is 5.97 Å².